The smallest absolute Gasteiger partial charge is 0.308 e. The average Bonchev–Trinajstić information content (AvgIpc) is 3.25. The number of hydrogen-bond donors (Lipinski definition) is 0. The molecule has 3 amide bonds. The number of urea groups is 1. The minimum atomic E-state index is -5.02. The van der Waals surface area contributed by atoms with Crippen molar-refractivity contribution < 1.29 is 35.9 Å². The molecule has 1 aliphatic rings. The van der Waals surface area contributed by atoms with Crippen molar-refractivity contribution in [2.24, 2.45) is 0 Å². The zero-order chi connectivity index (χ0) is 24.7. The maximum Gasteiger partial charge on any atom is 0.416 e. The van der Waals surface area contributed by atoms with E-state index in [-0.39, 0.29) is 18.3 Å². The number of imide groups is 1. The molecule has 0 bridgehead atoms. The summed E-state index contributed by atoms with van der Waals surface area (Å²) in [6.45, 7) is 0.592. The normalized spacial score (nSPS) is 16.6. The van der Waals surface area contributed by atoms with E-state index in [1.165, 1.54) is 11.9 Å². The summed E-state index contributed by atoms with van der Waals surface area (Å²) in [5.41, 5.74) is -3.59. The second-order valence-corrected chi connectivity index (χ2v) is 7.46. The Hall–Kier alpha value is -3.42. The fraction of sp³-hybridized carbons (Fsp3) is 0.368. The number of aromatic nitrogens is 3. The van der Waals surface area contributed by atoms with Crippen molar-refractivity contribution in [2.45, 2.75) is 12.4 Å². The van der Waals surface area contributed by atoms with E-state index in [1.807, 2.05) is 0 Å². The summed E-state index contributed by atoms with van der Waals surface area (Å²) >= 11 is 0. The number of likely N-dealkylation sites (N-methyl/N-ethyl adjacent to an activating group) is 2. The van der Waals surface area contributed by atoms with Crippen LogP contribution in [0.1, 0.15) is 11.1 Å². The van der Waals surface area contributed by atoms with Gasteiger partial charge in [-0.05, 0) is 32.3 Å². The van der Waals surface area contributed by atoms with E-state index < -0.39 is 46.8 Å². The molecule has 0 spiro atoms. The van der Waals surface area contributed by atoms with Crippen molar-refractivity contribution in [3.05, 3.63) is 41.4 Å². The number of nitrogens with zero attached hydrogens (tertiary/aromatic N) is 6. The molecule has 1 aromatic heterocycles. The molecular formula is C19H18F6N6O2. The quantitative estimate of drug-likeness (QED) is 0.377. The first-order valence-electron chi connectivity index (χ1n) is 9.35. The first kappa shape index (κ1) is 24.2. The van der Waals surface area contributed by atoms with Gasteiger partial charge in [0.05, 0.1) is 17.3 Å². The molecule has 0 N–H and O–H groups in total. The Kier molecular flexibility index (Phi) is 6.24. The van der Waals surface area contributed by atoms with Crippen LogP contribution in [0.3, 0.4) is 0 Å². The third-order valence-electron chi connectivity index (χ3n) is 4.71. The van der Waals surface area contributed by atoms with Crippen LogP contribution in [-0.4, -0.2) is 75.6 Å². The first-order valence-corrected chi connectivity index (χ1v) is 9.35. The fourth-order valence-corrected chi connectivity index (χ4v) is 2.98. The van der Waals surface area contributed by atoms with Crippen molar-refractivity contribution in [3.63, 3.8) is 0 Å². The Morgan fingerprint density at radius 3 is 2.09 bits per heavy atom. The number of carbonyl (C=O) groups excluding carboxylic acids is 2. The molecular weight excluding hydrogens is 458 g/mol. The maximum absolute atomic E-state index is 13.1. The van der Waals surface area contributed by atoms with Crippen LogP contribution in [0.5, 0.6) is 0 Å². The third kappa shape index (κ3) is 5.16. The molecule has 0 unspecified atom stereocenters. The molecule has 2 heterocycles. The van der Waals surface area contributed by atoms with Crippen molar-refractivity contribution in [3.8, 4) is 11.4 Å². The molecule has 3 rings (SSSR count). The lowest BCUT2D eigenvalue weighted by molar-refractivity contribution is -0.143. The van der Waals surface area contributed by atoms with E-state index in [0.717, 1.165) is 22.1 Å². The van der Waals surface area contributed by atoms with Gasteiger partial charge >= 0.3 is 18.4 Å². The van der Waals surface area contributed by atoms with Crippen LogP contribution in [0.25, 0.3) is 17.6 Å². The van der Waals surface area contributed by atoms with E-state index in [1.54, 1.807) is 19.0 Å². The number of carbonyl (C=O) groups is 2. The lowest BCUT2D eigenvalue weighted by atomic mass is 10.0. The summed E-state index contributed by atoms with van der Waals surface area (Å²) < 4.78 is 79.6. The molecule has 2 aromatic rings. The Morgan fingerprint density at radius 2 is 1.58 bits per heavy atom. The van der Waals surface area contributed by atoms with Crippen LogP contribution in [0.15, 0.2) is 30.2 Å². The van der Waals surface area contributed by atoms with Gasteiger partial charge in [-0.25, -0.2) is 14.5 Å². The molecule has 0 atom stereocenters. The molecule has 0 saturated carbocycles. The summed E-state index contributed by atoms with van der Waals surface area (Å²) in [5, 5.41) is 3.88. The highest BCUT2D eigenvalue weighted by Gasteiger charge is 2.39. The predicted molar refractivity (Wildman–Crippen MR) is 103 cm³/mol. The van der Waals surface area contributed by atoms with Crippen molar-refractivity contribution in [2.75, 3.05) is 34.2 Å². The minimum Gasteiger partial charge on any atom is -0.308 e. The minimum absolute atomic E-state index is 0.00371. The highest BCUT2D eigenvalue weighted by Crippen LogP contribution is 2.38. The van der Waals surface area contributed by atoms with Crippen LogP contribution < -0.4 is 0 Å². The molecule has 178 valence electrons. The summed E-state index contributed by atoms with van der Waals surface area (Å²) in [7, 11) is 4.81. The van der Waals surface area contributed by atoms with Crippen LogP contribution in [0.2, 0.25) is 0 Å². The monoisotopic (exact) mass is 476 g/mol. The number of amides is 3. The van der Waals surface area contributed by atoms with Crippen LogP contribution in [-0.2, 0) is 17.1 Å². The van der Waals surface area contributed by atoms with Gasteiger partial charge in [0, 0.05) is 25.7 Å². The van der Waals surface area contributed by atoms with Gasteiger partial charge in [0.15, 0.2) is 5.82 Å². The Labute approximate surface area is 183 Å². The SMILES string of the molecule is CN(C)CCN1C(=O)N(C)C(=O)C1=Cn1cnc(-c2cc(C(F)(F)F)cc(C(F)(F)F)c2)n1. The van der Waals surface area contributed by atoms with Crippen LogP contribution in [0.4, 0.5) is 31.1 Å². The Bertz CT molecular complexity index is 1070. The summed E-state index contributed by atoms with van der Waals surface area (Å²) in [6, 6.07) is 0.428. The molecule has 1 fully saturated rings. The lowest BCUT2D eigenvalue weighted by Gasteiger charge is -2.18. The Balaban J connectivity index is 2.00. The van der Waals surface area contributed by atoms with Gasteiger partial charge in [0.2, 0.25) is 0 Å². The zero-order valence-corrected chi connectivity index (χ0v) is 17.6. The summed E-state index contributed by atoms with van der Waals surface area (Å²) in [5.74, 6) is -1.07. The highest BCUT2D eigenvalue weighted by molar-refractivity contribution is 6.12. The second kappa shape index (κ2) is 8.50. The number of alkyl halides is 6. The average molecular weight is 476 g/mol. The van der Waals surface area contributed by atoms with Crippen molar-refractivity contribution in [1.29, 1.82) is 0 Å². The third-order valence-corrected chi connectivity index (χ3v) is 4.71. The molecule has 33 heavy (non-hydrogen) atoms. The lowest BCUT2D eigenvalue weighted by Crippen LogP contribution is -2.34. The number of rotatable bonds is 5. The maximum atomic E-state index is 13.1. The summed E-state index contributed by atoms with van der Waals surface area (Å²) in [6.07, 6.45) is -7.90. The molecule has 14 heteroatoms. The standard InChI is InChI=1S/C19H18F6N6O2/c1-28(2)4-5-31-14(16(32)29(3)17(31)33)9-30-10-26-15(27-30)11-6-12(18(20,21)22)8-13(7-11)19(23,24)25/h6-10H,4-5H2,1-3H3. The van der Waals surface area contributed by atoms with Gasteiger partial charge < -0.3 is 4.90 Å². The largest absolute Gasteiger partial charge is 0.416 e. The van der Waals surface area contributed by atoms with Crippen molar-refractivity contribution >= 4 is 18.1 Å². The molecule has 0 aliphatic carbocycles. The predicted octanol–water partition coefficient (Wildman–Crippen LogP) is 3.24. The Morgan fingerprint density at radius 1 is 1.00 bits per heavy atom. The molecule has 1 saturated heterocycles. The molecule has 1 aromatic carbocycles. The molecule has 0 radical (unpaired) electrons. The summed E-state index contributed by atoms with van der Waals surface area (Å²) in [4.78, 5) is 32.4. The topological polar surface area (TPSA) is 74.6 Å². The first-order chi connectivity index (χ1) is 15.2. The van der Waals surface area contributed by atoms with Gasteiger partial charge in [0.1, 0.15) is 12.0 Å². The molecule has 1 aliphatic heterocycles. The molecule has 8 nitrogen and oxygen atoms in total. The van der Waals surface area contributed by atoms with Gasteiger partial charge in [0.25, 0.3) is 5.91 Å². The van der Waals surface area contributed by atoms with Gasteiger partial charge in [-0.3, -0.25) is 14.6 Å². The van der Waals surface area contributed by atoms with Crippen LogP contribution in [0, 0.1) is 0 Å². The zero-order valence-electron chi connectivity index (χ0n) is 17.6. The fourth-order valence-electron chi connectivity index (χ4n) is 2.98. The van der Waals surface area contributed by atoms with E-state index >= 15 is 0 Å². The number of benzene rings is 1. The van der Waals surface area contributed by atoms with E-state index in [4.69, 9.17) is 0 Å². The number of halogens is 6. The number of hydrogen-bond acceptors (Lipinski definition) is 5. The van der Waals surface area contributed by atoms with E-state index in [0.29, 0.717) is 18.7 Å². The van der Waals surface area contributed by atoms with Crippen LogP contribution >= 0.6 is 0 Å². The van der Waals surface area contributed by atoms with Gasteiger partial charge in [-0.15, -0.1) is 5.10 Å². The van der Waals surface area contributed by atoms with Crippen molar-refractivity contribution in [1.82, 2.24) is 29.5 Å². The van der Waals surface area contributed by atoms with Gasteiger partial charge in [-0.2, -0.15) is 26.3 Å². The van der Waals surface area contributed by atoms with Gasteiger partial charge in [-0.1, -0.05) is 0 Å². The van der Waals surface area contributed by atoms with E-state index in [2.05, 4.69) is 10.1 Å². The van der Waals surface area contributed by atoms with E-state index in [9.17, 15) is 35.9 Å². The highest BCUT2D eigenvalue weighted by atomic mass is 19.4. The second-order valence-electron chi connectivity index (χ2n) is 7.46.